The molecule has 60 valence electrons. The van der Waals surface area contributed by atoms with Gasteiger partial charge in [0.1, 0.15) is 0 Å². The van der Waals surface area contributed by atoms with E-state index < -0.39 is 11.9 Å². The number of aliphatic hydroxyl groups is 1. The van der Waals surface area contributed by atoms with Gasteiger partial charge < -0.3 is 14.7 Å². The third-order valence-electron chi connectivity index (χ3n) is 0.986. The quantitative estimate of drug-likeness (QED) is 0.603. The van der Waals surface area contributed by atoms with Crippen molar-refractivity contribution in [3.63, 3.8) is 0 Å². The molecular formula is C5H6N2O4. The van der Waals surface area contributed by atoms with Crippen molar-refractivity contribution in [2.24, 2.45) is 0 Å². The molecule has 2 N–H and O–H groups in total. The maximum atomic E-state index is 10.2. The molecule has 0 aliphatic heterocycles. The number of carboxylic acids is 1. The van der Waals surface area contributed by atoms with Gasteiger partial charge in [-0.15, -0.1) is 0 Å². The fraction of sp³-hybridized carbons (Fsp3) is 0.400. The van der Waals surface area contributed by atoms with Crippen molar-refractivity contribution in [3.05, 3.63) is 11.7 Å². The molecule has 0 bridgehead atoms. The number of hydrogen-bond acceptors (Lipinski definition) is 5. The van der Waals surface area contributed by atoms with Crippen molar-refractivity contribution in [3.8, 4) is 0 Å². The molecule has 6 nitrogen and oxygen atoms in total. The molecule has 0 amide bonds. The number of carboxylic acid groups (broad SMARTS) is 1. The summed E-state index contributed by atoms with van der Waals surface area (Å²) < 4.78 is 4.31. The summed E-state index contributed by atoms with van der Waals surface area (Å²) in [4.78, 5) is 13.6. The molecule has 0 fully saturated rings. The number of hydrogen-bond donors (Lipinski definition) is 2. The van der Waals surface area contributed by atoms with Gasteiger partial charge in [-0.3, -0.25) is 0 Å². The molecule has 11 heavy (non-hydrogen) atoms. The predicted molar refractivity (Wildman–Crippen MR) is 32.0 cm³/mol. The molecule has 0 spiro atoms. The van der Waals surface area contributed by atoms with Gasteiger partial charge in [-0.1, -0.05) is 5.16 Å². The molecule has 0 aromatic carbocycles. The Hall–Kier alpha value is -1.43. The number of rotatable bonds is 3. The zero-order valence-corrected chi connectivity index (χ0v) is 5.52. The molecule has 0 saturated heterocycles. The lowest BCUT2D eigenvalue weighted by molar-refractivity contribution is 0.0643. The minimum atomic E-state index is -1.26. The van der Waals surface area contributed by atoms with E-state index in [2.05, 4.69) is 14.7 Å². The van der Waals surface area contributed by atoms with Crippen molar-refractivity contribution in [1.29, 1.82) is 0 Å². The van der Waals surface area contributed by atoms with Gasteiger partial charge in [-0.25, -0.2) is 4.79 Å². The number of aliphatic hydroxyl groups excluding tert-OH is 1. The highest BCUT2D eigenvalue weighted by Crippen LogP contribution is 1.96. The lowest BCUT2D eigenvalue weighted by atomic mass is 10.4. The highest BCUT2D eigenvalue weighted by Gasteiger charge is 2.11. The fourth-order valence-electron chi connectivity index (χ4n) is 0.542. The molecule has 0 unspecified atom stereocenters. The van der Waals surface area contributed by atoms with Crippen LogP contribution in [0.4, 0.5) is 0 Å². The minimum Gasteiger partial charge on any atom is -0.474 e. The van der Waals surface area contributed by atoms with E-state index in [-0.39, 0.29) is 18.9 Å². The summed E-state index contributed by atoms with van der Waals surface area (Å²) in [5.41, 5.74) is 0. The third-order valence-corrected chi connectivity index (χ3v) is 0.986. The average Bonchev–Trinajstić information content (AvgIpc) is 2.37. The molecule has 6 heteroatoms. The van der Waals surface area contributed by atoms with E-state index in [9.17, 15) is 4.79 Å². The molecule has 0 radical (unpaired) electrons. The first kappa shape index (κ1) is 7.67. The maximum Gasteiger partial charge on any atom is 0.394 e. The van der Waals surface area contributed by atoms with Gasteiger partial charge in [0.25, 0.3) is 0 Å². The number of carbonyl (C=O) groups is 1. The lowest BCUT2D eigenvalue weighted by Gasteiger charge is -1.82. The number of aromatic nitrogens is 2. The Labute approximate surface area is 61.5 Å². The molecule has 0 aliphatic carbocycles. The van der Waals surface area contributed by atoms with Crippen molar-refractivity contribution < 1.29 is 19.5 Å². The molecular weight excluding hydrogens is 152 g/mol. The van der Waals surface area contributed by atoms with E-state index in [1.807, 2.05) is 0 Å². The van der Waals surface area contributed by atoms with Gasteiger partial charge in [0, 0.05) is 6.42 Å². The summed E-state index contributed by atoms with van der Waals surface area (Å²) in [6.45, 7) is -0.126. The topological polar surface area (TPSA) is 96.5 Å². The maximum absolute atomic E-state index is 10.2. The van der Waals surface area contributed by atoms with Crippen LogP contribution >= 0.6 is 0 Å². The zero-order chi connectivity index (χ0) is 8.27. The Morgan fingerprint density at radius 2 is 2.36 bits per heavy atom. The Morgan fingerprint density at radius 3 is 2.82 bits per heavy atom. The largest absolute Gasteiger partial charge is 0.474 e. The van der Waals surface area contributed by atoms with E-state index in [1.54, 1.807) is 0 Å². The molecule has 0 atom stereocenters. The highest BCUT2D eigenvalue weighted by molar-refractivity contribution is 5.81. The first-order valence-electron chi connectivity index (χ1n) is 2.91. The van der Waals surface area contributed by atoms with Crippen LogP contribution < -0.4 is 0 Å². The van der Waals surface area contributed by atoms with Crippen LogP contribution in [0.2, 0.25) is 0 Å². The van der Waals surface area contributed by atoms with Gasteiger partial charge >= 0.3 is 11.9 Å². The first-order valence-corrected chi connectivity index (χ1v) is 2.91. The highest BCUT2D eigenvalue weighted by atomic mass is 16.5. The summed E-state index contributed by atoms with van der Waals surface area (Å²) in [5.74, 6) is -1.51. The van der Waals surface area contributed by atoms with E-state index in [4.69, 9.17) is 10.2 Å². The molecule has 0 saturated carbocycles. The average molecular weight is 158 g/mol. The second kappa shape index (κ2) is 3.11. The Kier molecular flexibility index (Phi) is 2.17. The van der Waals surface area contributed by atoms with Crippen LogP contribution in [0.5, 0.6) is 0 Å². The van der Waals surface area contributed by atoms with Crippen LogP contribution in [0.3, 0.4) is 0 Å². The van der Waals surface area contributed by atoms with Crippen LogP contribution in [-0.4, -0.2) is 32.9 Å². The van der Waals surface area contributed by atoms with Gasteiger partial charge in [-0.2, -0.15) is 4.98 Å². The Bertz CT molecular complexity index is 257. The molecule has 1 rings (SSSR count). The van der Waals surface area contributed by atoms with E-state index in [0.717, 1.165) is 0 Å². The summed E-state index contributed by atoms with van der Waals surface area (Å²) in [6, 6.07) is 0. The summed E-state index contributed by atoms with van der Waals surface area (Å²) in [7, 11) is 0. The Morgan fingerprint density at radius 1 is 1.64 bits per heavy atom. The van der Waals surface area contributed by atoms with E-state index >= 15 is 0 Å². The normalized spacial score (nSPS) is 9.91. The van der Waals surface area contributed by atoms with Gasteiger partial charge in [-0.05, 0) is 0 Å². The third kappa shape index (κ3) is 1.74. The summed E-state index contributed by atoms with van der Waals surface area (Å²) >= 11 is 0. The van der Waals surface area contributed by atoms with Crippen molar-refractivity contribution in [2.75, 3.05) is 6.61 Å². The second-order valence-corrected chi connectivity index (χ2v) is 1.79. The van der Waals surface area contributed by atoms with Crippen LogP contribution in [0.1, 0.15) is 16.5 Å². The Balaban J connectivity index is 2.73. The fourth-order valence-corrected chi connectivity index (χ4v) is 0.542. The molecule has 1 aromatic rings. The zero-order valence-electron chi connectivity index (χ0n) is 5.52. The number of aromatic carboxylic acids is 1. The van der Waals surface area contributed by atoms with Gasteiger partial charge in [0.2, 0.25) is 0 Å². The van der Waals surface area contributed by atoms with Gasteiger partial charge in [0.15, 0.2) is 5.82 Å². The second-order valence-electron chi connectivity index (χ2n) is 1.79. The smallest absolute Gasteiger partial charge is 0.394 e. The van der Waals surface area contributed by atoms with Crippen LogP contribution in [-0.2, 0) is 6.42 Å². The lowest BCUT2D eigenvalue weighted by Crippen LogP contribution is -1.97. The molecule has 0 aliphatic rings. The summed E-state index contributed by atoms with van der Waals surface area (Å²) in [5, 5.41) is 20.0. The van der Waals surface area contributed by atoms with Crippen LogP contribution in [0.25, 0.3) is 0 Å². The summed E-state index contributed by atoms with van der Waals surface area (Å²) in [6.07, 6.45) is 0.205. The predicted octanol–water partition coefficient (Wildman–Crippen LogP) is -0.697. The van der Waals surface area contributed by atoms with E-state index in [0.29, 0.717) is 0 Å². The van der Waals surface area contributed by atoms with Crippen molar-refractivity contribution in [1.82, 2.24) is 10.1 Å². The first-order chi connectivity index (χ1) is 5.24. The standard InChI is InChI=1S/C5H6N2O4/c8-2-1-3-6-4(5(9)10)11-7-3/h8H,1-2H2,(H,9,10). The minimum absolute atomic E-state index is 0.126. The van der Waals surface area contributed by atoms with Crippen molar-refractivity contribution in [2.45, 2.75) is 6.42 Å². The van der Waals surface area contributed by atoms with Crippen LogP contribution in [0, 0.1) is 0 Å². The number of nitrogens with zero attached hydrogens (tertiary/aromatic N) is 2. The van der Waals surface area contributed by atoms with Crippen LogP contribution in [0.15, 0.2) is 4.52 Å². The van der Waals surface area contributed by atoms with Gasteiger partial charge in [0.05, 0.1) is 6.61 Å². The molecule has 1 aromatic heterocycles. The molecule has 1 heterocycles. The monoisotopic (exact) mass is 158 g/mol. The SMILES string of the molecule is O=C(O)c1nc(CCO)no1. The van der Waals surface area contributed by atoms with E-state index in [1.165, 1.54) is 0 Å². The van der Waals surface area contributed by atoms with Crippen molar-refractivity contribution >= 4 is 5.97 Å².